The summed E-state index contributed by atoms with van der Waals surface area (Å²) in [6.45, 7) is 10.3. The van der Waals surface area contributed by atoms with E-state index in [0.717, 1.165) is 25.7 Å². The highest BCUT2D eigenvalue weighted by molar-refractivity contribution is 5.95. The normalized spacial score (nSPS) is 11.5. The Bertz CT molecular complexity index is 256. The van der Waals surface area contributed by atoms with Crippen molar-refractivity contribution in [3.8, 4) is 0 Å². The fraction of sp³-hybridized carbons (Fsp3) is 0.867. The van der Waals surface area contributed by atoms with E-state index in [4.69, 9.17) is 9.47 Å². The fourth-order valence-corrected chi connectivity index (χ4v) is 1.60. The molecule has 4 nitrogen and oxygen atoms in total. The largest absolute Gasteiger partial charge is 0.465 e. The lowest BCUT2D eigenvalue weighted by Gasteiger charge is -2.27. The molecule has 0 aromatic rings. The van der Waals surface area contributed by atoms with Crippen molar-refractivity contribution in [2.24, 2.45) is 11.3 Å². The van der Waals surface area contributed by atoms with E-state index in [1.54, 1.807) is 0 Å². The number of hydrogen-bond donors (Lipinski definition) is 0. The van der Waals surface area contributed by atoms with Crippen molar-refractivity contribution in [2.75, 3.05) is 13.2 Å². The molecule has 0 aliphatic carbocycles. The number of esters is 2. The Hall–Kier alpha value is -1.06. The summed E-state index contributed by atoms with van der Waals surface area (Å²) >= 11 is 0. The van der Waals surface area contributed by atoms with Crippen molar-refractivity contribution in [1.29, 1.82) is 0 Å². The van der Waals surface area contributed by atoms with Gasteiger partial charge in [0.15, 0.2) is 5.92 Å². The molecule has 4 heteroatoms. The molecule has 0 spiro atoms. The second-order valence-electron chi connectivity index (χ2n) is 5.84. The van der Waals surface area contributed by atoms with Crippen LogP contribution in [-0.4, -0.2) is 25.2 Å². The van der Waals surface area contributed by atoms with Crippen LogP contribution in [0, 0.1) is 11.3 Å². The molecule has 112 valence electrons. The monoisotopic (exact) mass is 272 g/mol. The lowest BCUT2D eigenvalue weighted by Crippen LogP contribution is -2.38. The summed E-state index contributed by atoms with van der Waals surface area (Å²) in [4.78, 5) is 24.0. The lowest BCUT2D eigenvalue weighted by atomic mass is 9.81. The standard InChI is InChI=1S/C15H28O4/c1-6-8-10-18-13(16)12(15(3,4)5)14(17)19-11-9-7-2/h12H,6-11H2,1-5H3. The van der Waals surface area contributed by atoms with Crippen LogP contribution < -0.4 is 0 Å². The number of rotatable bonds is 8. The molecule has 0 fully saturated rings. The van der Waals surface area contributed by atoms with Crippen LogP contribution in [0.15, 0.2) is 0 Å². The van der Waals surface area contributed by atoms with E-state index in [-0.39, 0.29) is 0 Å². The molecule has 0 radical (unpaired) electrons. The van der Waals surface area contributed by atoms with Crippen LogP contribution in [0.5, 0.6) is 0 Å². The van der Waals surface area contributed by atoms with E-state index in [0.29, 0.717) is 13.2 Å². The fourth-order valence-electron chi connectivity index (χ4n) is 1.60. The minimum atomic E-state index is -0.846. The highest BCUT2D eigenvalue weighted by atomic mass is 16.6. The highest BCUT2D eigenvalue weighted by Gasteiger charge is 2.40. The van der Waals surface area contributed by atoms with E-state index in [1.165, 1.54) is 0 Å². The molecule has 0 saturated carbocycles. The van der Waals surface area contributed by atoms with Crippen molar-refractivity contribution in [2.45, 2.75) is 60.3 Å². The van der Waals surface area contributed by atoms with Crippen LogP contribution >= 0.6 is 0 Å². The first-order chi connectivity index (χ1) is 8.84. The van der Waals surface area contributed by atoms with Gasteiger partial charge in [0.2, 0.25) is 0 Å². The molecule has 0 bridgehead atoms. The van der Waals surface area contributed by atoms with E-state index >= 15 is 0 Å². The van der Waals surface area contributed by atoms with Crippen LogP contribution in [0.4, 0.5) is 0 Å². The highest BCUT2D eigenvalue weighted by Crippen LogP contribution is 2.28. The quantitative estimate of drug-likeness (QED) is 0.386. The maximum Gasteiger partial charge on any atom is 0.320 e. The summed E-state index contributed by atoms with van der Waals surface area (Å²) in [5.41, 5.74) is -0.493. The van der Waals surface area contributed by atoms with Crippen LogP contribution in [-0.2, 0) is 19.1 Å². The second-order valence-corrected chi connectivity index (χ2v) is 5.84. The van der Waals surface area contributed by atoms with Gasteiger partial charge >= 0.3 is 11.9 Å². The van der Waals surface area contributed by atoms with Gasteiger partial charge in [-0.05, 0) is 18.3 Å². The molecule has 0 amide bonds. The van der Waals surface area contributed by atoms with Gasteiger partial charge in [0.05, 0.1) is 13.2 Å². The third-order valence-corrected chi connectivity index (χ3v) is 2.82. The Kier molecular flexibility index (Phi) is 8.44. The molecular formula is C15H28O4. The molecule has 0 aliphatic heterocycles. The second kappa shape index (κ2) is 8.94. The maximum absolute atomic E-state index is 12.0. The SMILES string of the molecule is CCCCOC(=O)C(C(=O)OCCCC)C(C)(C)C. The number of carbonyl (C=O) groups is 2. The summed E-state index contributed by atoms with van der Waals surface area (Å²) in [6, 6.07) is 0. The Labute approximate surface area is 116 Å². The zero-order chi connectivity index (χ0) is 14.9. The van der Waals surface area contributed by atoms with Crippen LogP contribution in [0.2, 0.25) is 0 Å². The summed E-state index contributed by atoms with van der Waals surface area (Å²) < 4.78 is 10.3. The van der Waals surface area contributed by atoms with Crippen LogP contribution in [0.1, 0.15) is 60.3 Å². The number of hydrogen-bond acceptors (Lipinski definition) is 4. The number of carbonyl (C=O) groups excluding carboxylic acids is 2. The summed E-state index contributed by atoms with van der Waals surface area (Å²) in [5.74, 6) is -1.79. The van der Waals surface area contributed by atoms with Crippen molar-refractivity contribution in [3.05, 3.63) is 0 Å². The average molecular weight is 272 g/mol. The van der Waals surface area contributed by atoms with Gasteiger partial charge in [-0.2, -0.15) is 0 Å². The first-order valence-electron chi connectivity index (χ1n) is 7.17. The molecule has 0 heterocycles. The molecule has 0 atom stereocenters. The van der Waals surface area contributed by atoms with Crippen LogP contribution in [0.25, 0.3) is 0 Å². The predicted molar refractivity (Wildman–Crippen MR) is 74.7 cm³/mol. The van der Waals surface area contributed by atoms with Crippen molar-refractivity contribution >= 4 is 11.9 Å². The van der Waals surface area contributed by atoms with E-state index in [1.807, 2.05) is 34.6 Å². The number of unbranched alkanes of at least 4 members (excludes halogenated alkanes) is 2. The van der Waals surface area contributed by atoms with Gasteiger partial charge in [-0.25, -0.2) is 0 Å². The van der Waals surface area contributed by atoms with Crippen molar-refractivity contribution < 1.29 is 19.1 Å². The summed E-state index contributed by atoms with van der Waals surface area (Å²) in [6.07, 6.45) is 3.53. The van der Waals surface area contributed by atoms with E-state index in [2.05, 4.69) is 0 Å². The van der Waals surface area contributed by atoms with E-state index in [9.17, 15) is 9.59 Å². The zero-order valence-electron chi connectivity index (χ0n) is 13.0. The maximum atomic E-state index is 12.0. The third kappa shape index (κ3) is 7.19. The molecule has 0 unspecified atom stereocenters. The molecule has 0 N–H and O–H groups in total. The van der Waals surface area contributed by atoms with Gasteiger partial charge in [0, 0.05) is 0 Å². The zero-order valence-corrected chi connectivity index (χ0v) is 13.0. The van der Waals surface area contributed by atoms with Gasteiger partial charge in [-0.15, -0.1) is 0 Å². The van der Waals surface area contributed by atoms with Crippen molar-refractivity contribution in [1.82, 2.24) is 0 Å². The molecule has 0 rings (SSSR count). The molecular weight excluding hydrogens is 244 g/mol. The van der Waals surface area contributed by atoms with Crippen molar-refractivity contribution in [3.63, 3.8) is 0 Å². The van der Waals surface area contributed by atoms with Gasteiger partial charge in [0.25, 0.3) is 0 Å². The Morgan fingerprint density at radius 3 is 1.53 bits per heavy atom. The minimum Gasteiger partial charge on any atom is -0.465 e. The van der Waals surface area contributed by atoms with Gasteiger partial charge < -0.3 is 9.47 Å². The molecule has 0 aliphatic rings. The van der Waals surface area contributed by atoms with Gasteiger partial charge in [0.1, 0.15) is 0 Å². The Balaban J connectivity index is 4.54. The number of ether oxygens (including phenoxy) is 2. The molecule has 0 aromatic heterocycles. The smallest absolute Gasteiger partial charge is 0.320 e. The average Bonchev–Trinajstić information content (AvgIpc) is 2.28. The van der Waals surface area contributed by atoms with Gasteiger partial charge in [-0.3, -0.25) is 9.59 Å². The predicted octanol–water partition coefficient (Wildman–Crippen LogP) is 3.34. The summed E-state index contributed by atoms with van der Waals surface area (Å²) in [7, 11) is 0. The topological polar surface area (TPSA) is 52.6 Å². The first kappa shape index (κ1) is 17.9. The Morgan fingerprint density at radius 1 is 0.895 bits per heavy atom. The first-order valence-corrected chi connectivity index (χ1v) is 7.17. The Morgan fingerprint density at radius 2 is 1.26 bits per heavy atom. The molecule has 0 saturated heterocycles. The molecule has 0 aromatic carbocycles. The van der Waals surface area contributed by atoms with E-state index < -0.39 is 23.3 Å². The lowest BCUT2D eigenvalue weighted by molar-refractivity contribution is -0.167. The third-order valence-electron chi connectivity index (χ3n) is 2.82. The minimum absolute atomic E-state index is 0.365. The molecule has 19 heavy (non-hydrogen) atoms. The van der Waals surface area contributed by atoms with Gasteiger partial charge in [-0.1, -0.05) is 47.5 Å². The summed E-state index contributed by atoms with van der Waals surface area (Å²) in [5, 5.41) is 0. The van der Waals surface area contributed by atoms with Crippen LogP contribution in [0.3, 0.4) is 0 Å².